The first kappa shape index (κ1) is 14.6. The molecule has 2 N–H and O–H groups in total. The molecule has 0 radical (unpaired) electrons. The summed E-state index contributed by atoms with van der Waals surface area (Å²) in [4.78, 5) is 3.96. The number of pyridine rings is 1. The van der Waals surface area contributed by atoms with Crippen LogP contribution in [0.5, 0.6) is 11.6 Å². The average molecular weight is 303 g/mol. The van der Waals surface area contributed by atoms with E-state index < -0.39 is 11.7 Å². The van der Waals surface area contributed by atoms with Crippen LogP contribution in [-0.4, -0.2) is 4.98 Å². The maximum absolute atomic E-state index is 12.4. The summed E-state index contributed by atoms with van der Waals surface area (Å²) in [7, 11) is 0. The van der Waals surface area contributed by atoms with E-state index >= 15 is 0 Å². The molecule has 0 saturated carbocycles. The van der Waals surface area contributed by atoms with Crippen LogP contribution >= 0.6 is 11.6 Å². The lowest BCUT2D eigenvalue weighted by Gasteiger charge is -2.09. The van der Waals surface area contributed by atoms with Gasteiger partial charge in [0.05, 0.1) is 5.56 Å². The number of rotatable bonds is 3. The standard InChI is InChI=1S/C13H10ClF3N2O/c14-11-5-8(6-18)7-19-12(11)20-10-3-1-9(2-4-10)13(15,16)17/h1-5,7H,6,18H2. The van der Waals surface area contributed by atoms with E-state index in [1.165, 1.54) is 18.3 Å². The van der Waals surface area contributed by atoms with E-state index in [9.17, 15) is 13.2 Å². The lowest BCUT2D eigenvalue weighted by atomic mass is 10.2. The number of alkyl halides is 3. The van der Waals surface area contributed by atoms with Crippen LogP contribution in [0.3, 0.4) is 0 Å². The molecule has 1 aromatic heterocycles. The van der Waals surface area contributed by atoms with Crippen molar-refractivity contribution < 1.29 is 17.9 Å². The molecule has 106 valence electrons. The van der Waals surface area contributed by atoms with Gasteiger partial charge in [-0.05, 0) is 35.9 Å². The second kappa shape index (κ2) is 5.68. The Kier molecular flexibility index (Phi) is 4.15. The highest BCUT2D eigenvalue weighted by Crippen LogP contribution is 2.32. The lowest BCUT2D eigenvalue weighted by Crippen LogP contribution is -2.04. The van der Waals surface area contributed by atoms with Crippen LogP contribution in [-0.2, 0) is 12.7 Å². The van der Waals surface area contributed by atoms with Gasteiger partial charge in [0.15, 0.2) is 0 Å². The molecule has 1 heterocycles. The van der Waals surface area contributed by atoms with Crippen molar-refractivity contribution in [1.82, 2.24) is 4.98 Å². The van der Waals surface area contributed by atoms with Crippen molar-refractivity contribution in [3.8, 4) is 11.6 Å². The number of hydrogen-bond donors (Lipinski definition) is 1. The van der Waals surface area contributed by atoms with Gasteiger partial charge >= 0.3 is 6.18 Å². The molecule has 0 aliphatic rings. The molecule has 0 aliphatic heterocycles. The first-order valence-corrected chi connectivity index (χ1v) is 5.97. The van der Waals surface area contributed by atoms with Gasteiger partial charge in [-0.25, -0.2) is 4.98 Å². The molecule has 0 fully saturated rings. The molecule has 0 aliphatic carbocycles. The molecule has 0 amide bonds. The third-order valence-corrected chi connectivity index (χ3v) is 2.77. The summed E-state index contributed by atoms with van der Waals surface area (Å²) in [6, 6.07) is 5.86. The van der Waals surface area contributed by atoms with Gasteiger partial charge in [0.2, 0.25) is 5.88 Å². The second-order valence-corrected chi connectivity index (χ2v) is 4.37. The zero-order valence-electron chi connectivity index (χ0n) is 10.1. The molecule has 0 saturated heterocycles. The van der Waals surface area contributed by atoms with Crippen LogP contribution in [0.4, 0.5) is 13.2 Å². The van der Waals surface area contributed by atoms with Gasteiger partial charge in [-0.1, -0.05) is 11.6 Å². The molecular weight excluding hydrogens is 293 g/mol. The number of hydrogen-bond acceptors (Lipinski definition) is 3. The normalized spacial score (nSPS) is 11.4. The van der Waals surface area contributed by atoms with Gasteiger partial charge in [0.25, 0.3) is 0 Å². The number of ether oxygens (including phenoxy) is 1. The summed E-state index contributed by atoms with van der Waals surface area (Å²) >= 11 is 5.94. The Balaban J connectivity index is 2.18. The molecule has 0 unspecified atom stereocenters. The van der Waals surface area contributed by atoms with Gasteiger partial charge in [-0.3, -0.25) is 0 Å². The zero-order valence-corrected chi connectivity index (χ0v) is 10.9. The van der Waals surface area contributed by atoms with Crippen LogP contribution in [0.25, 0.3) is 0 Å². The summed E-state index contributed by atoms with van der Waals surface area (Å²) in [6.45, 7) is 0.285. The van der Waals surface area contributed by atoms with E-state index in [1.807, 2.05) is 0 Å². The lowest BCUT2D eigenvalue weighted by molar-refractivity contribution is -0.137. The number of nitrogens with two attached hydrogens (primary N) is 1. The fraction of sp³-hybridized carbons (Fsp3) is 0.154. The number of nitrogens with zero attached hydrogens (tertiary/aromatic N) is 1. The molecule has 0 bridgehead atoms. The minimum absolute atomic E-state index is 0.114. The summed E-state index contributed by atoms with van der Waals surface area (Å²) in [5.74, 6) is 0.330. The molecule has 0 atom stereocenters. The third kappa shape index (κ3) is 3.40. The SMILES string of the molecule is NCc1cnc(Oc2ccc(C(F)(F)F)cc2)c(Cl)c1. The monoisotopic (exact) mass is 302 g/mol. The first-order chi connectivity index (χ1) is 9.40. The molecule has 7 heteroatoms. The third-order valence-electron chi connectivity index (χ3n) is 2.50. The Morgan fingerprint density at radius 3 is 2.35 bits per heavy atom. The van der Waals surface area contributed by atoms with Gasteiger partial charge < -0.3 is 10.5 Å². The van der Waals surface area contributed by atoms with E-state index in [4.69, 9.17) is 22.1 Å². The number of aromatic nitrogens is 1. The molecule has 1 aromatic carbocycles. The summed E-state index contributed by atoms with van der Waals surface area (Å²) < 4.78 is 42.5. The Labute approximate surface area is 118 Å². The summed E-state index contributed by atoms with van der Waals surface area (Å²) in [5, 5.41) is 0.243. The molecule has 20 heavy (non-hydrogen) atoms. The van der Waals surface area contributed by atoms with Crippen LogP contribution in [0.2, 0.25) is 5.02 Å². The minimum atomic E-state index is -4.38. The highest BCUT2D eigenvalue weighted by Gasteiger charge is 2.30. The molecule has 0 spiro atoms. The van der Waals surface area contributed by atoms with Crippen LogP contribution in [0.15, 0.2) is 36.5 Å². The number of benzene rings is 1. The van der Waals surface area contributed by atoms with Crippen LogP contribution < -0.4 is 10.5 Å². The fourth-order valence-corrected chi connectivity index (χ4v) is 1.70. The average Bonchev–Trinajstić information content (AvgIpc) is 2.40. The van der Waals surface area contributed by atoms with E-state index in [-0.39, 0.29) is 23.2 Å². The highest BCUT2D eigenvalue weighted by molar-refractivity contribution is 6.31. The molecule has 2 aromatic rings. The van der Waals surface area contributed by atoms with Crippen molar-refractivity contribution in [2.45, 2.75) is 12.7 Å². The summed E-state index contributed by atoms with van der Waals surface area (Å²) in [5.41, 5.74) is 5.42. The van der Waals surface area contributed by atoms with Crippen molar-refractivity contribution in [2.75, 3.05) is 0 Å². The predicted molar refractivity (Wildman–Crippen MR) is 68.7 cm³/mol. The number of halogens is 4. The Morgan fingerprint density at radius 2 is 1.85 bits per heavy atom. The quantitative estimate of drug-likeness (QED) is 0.932. The van der Waals surface area contributed by atoms with Crippen molar-refractivity contribution >= 4 is 11.6 Å². The van der Waals surface area contributed by atoms with E-state index in [1.54, 1.807) is 6.07 Å². The molecule has 2 rings (SSSR count). The van der Waals surface area contributed by atoms with Crippen LogP contribution in [0.1, 0.15) is 11.1 Å². The second-order valence-electron chi connectivity index (χ2n) is 3.96. The van der Waals surface area contributed by atoms with Crippen LogP contribution in [0, 0.1) is 0 Å². The van der Waals surface area contributed by atoms with Gasteiger partial charge in [-0.15, -0.1) is 0 Å². The molecular formula is C13H10ClF3N2O. The van der Waals surface area contributed by atoms with Gasteiger partial charge in [0, 0.05) is 12.7 Å². The van der Waals surface area contributed by atoms with Crippen molar-refractivity contribution in [3.63, 3.8) is 0 Å². The van der Waals surface area contributed by atoms with Gasteiger partial charge in [0.1, 0.15) is 10.8 Å². The largest absolute Gasteiger partial charge is 0.438 e. The highest BCUT2D eigenvalue weighted by atomic mass is 35.5. The summed E-state index contributed by atoms with van der Waals surface area (Å²) in [6.07, 6.45) is -2.89. The first-order valence-electron chi connectivity index (χ1n) is 5.60. The smallest absolute Gasteiger partial charge is 0.416 e. The van der Waals surface area contributed by atoms with E-state index in [0.717, 1.165) is 17.7 Å². The van der Waals surface area contributed by atoms with Gasteiger partial charge in [-0.2, -0.15) is 13.2 Å². The fourth-order valence-electron chi connectivity index (χ4n) is 1.48. The Hall–Kier alpha value is -1.79. The van der Waals surface area contributed by atoms with E-state index in [0.29, 0.717) is 0 Å². The minimum Gasteiger partial charge on any atom is -0.438 e. The zero-order chi connectivity index (χ0) is 14.8. The molecule has 3 nitrogen and oxygen atoms in total. The maximum atomic E-state index is 12.4. The topological polar surface area (TPSA) is 48.1 Å². The van der Waals surface area contributed by atoms with Crippen molar-refractivity contribution in [2.24, 2.45) is 5.73 Å². The van der Waals surface area contributed by atoms with Crippen molar-refractivity contribution in [3.05, 3.63) is 52.7 Å². The maximum Gasteiger partial charge on any atom is 0.416 e. The van der Waals surface area contributed by atoms with Crippen molar-refractivity contribution in [1.29, 1.82) is 0 Å². The van der Waals surface area contributed by atoms with E-state index in [2.05, 4.69) is 4.98 Å². The predicted octanol–water partition coefficient (Wildman–Crippen LogP) is 4.00. The Bertz CT molecular complexity index is 600. The Morgan fingerprint density at radius 1 is 1.20 bits per heavy atom.